The van der Waals surface area contributed by atoms with Gasteiger partial charge in [-0.2, -0.15) is 0 Å². The minimum Gasteiger partial charge on any atom is -0.312 e. The molecule has 1 N–H and O–H groups in total. The number of hydrogen-bond donors (Lipinski definition) is 1. The highest BCUT2D eigenvalue weighted by Gasteiger charge is 2.34. The maximum absolute atomic E-state index is 3.89. The molecule has 0 aromatic heterocycles. The van der Waals surface area contributed by atoms with Crippen LogP contribution in [0.25, 0.3) is 0 Å². The maximum atomic E-state index is 3.89. The summed E-state index contributed by atoms with van der Waals surface area (Å²) >= 11 is 0. The van der Waals surface area contributed by atoms with Crippen LogP contribution in [0.1, 0.15) is 57.8 Å². The Morgan fingerprint density at radius 2 is 1.83 bits per heavy atom. The first-order valence-corrected chi connectivity index (χ1v) is 8.26. The van der Waals surface area contributed by atoms with Crippen LogP contribution in [0, 0.1) is 11.8 Å². The van der Waals surface area contributed by atoms with Crippen molar-refractivity contribution in [1.82, 2.24) is 10.2 Å². The van der Waals surface area contributed by atoms with E-state index >= 15 is 0 Å². The lowest BCUT2D eigenvalue weighted by Crippen LogP contribution is -2.46. The van der Waals surface area contributed by atoms with Crippen LogP contribution >= 0.6 is 0 Å². The molecule has 0 aromatic rings. The summed E-state index contributed by atoms with van der Waals surface area (Å²) in [7, 11) is 2.30. The first kappa shape index (κ1) is 12.9. The maximum Gasteiger partial charge on any atom is 0.0217 e. The summed E-state index contributed by atoms with van der Waals surface area (Å²) in [4.78, 5) is 2.57. The predicted octanol–water partition coefficient (Wildman–Crippen LogP) is 3.03. The molecule has 18 heavy (non-hydrogen) atoms. The summed E-state index contributed by atoms with van der Waals surface area (Å²) in [6.07, 6.45) is 13.2. The fraction of sp³-hybridized carbons (Fsp3) is 1.00. The Morgan fingerprint density at radius 1 is 0.944 bits per heavy atom. The second-order valence-electron chi connectivity index (χ2n) is 7.00. The Hall–Kier alpha value is -0.0800. The van der Waals surface area contributed by atoms with E-state index in [0.717, 1.165) is 23.9 Å². The quantitative estimate of drug-likeness (QED) is 0.825. The number of hydrogen-bond acceptors (Lipinski definition) is 2. The first-order valence-electron chi connectivity index (χ1n) is 8.26. The molecule has 2 aliphatic carbocycles. The van der Waals surface area contributed by atoms with E-state index in [1.165, 1.54) is 70.9 Å². The van der Waals surface area contributed by atoms with E-state index in [2.05, 4.69) is 17.3 Å². The third-order valence-corrected chi connectivity index (χ3v) is 5.57. The molecular weight excluding hydrogens is 220 g/mol. The molecule has 3 unspecified atom stereocenters. The van der Waals surface area contributed by atoms with Gasteiger partial charge in [-0.15, -0.1) is 0 Å². The van der Waals surface area contributed by atoms with Gasteiger partial charge in [-0.05, 0) is 64.0 Å². The van der Waals surface area contributed by atoms with Gasteiger partial charge in [-0.3, -0.25) is 0 Å². The van der Waals surface area contributed by atoms with E-state index < -0.39 is 0 Å². The van der Waals surface area contributed by atoms with E-state index in [0.29, 0.717) is 0 Å². The summed E-state index contributed by atoms with van der Waals surface area (Å²) in [5.74, 6) is 2.19. The van der Waals surface area contributed by atoms with E-state index in [1.807, 2.05) is 0 Å². The molecule has 3 fully saturated rings. The van der Waals surface area contributed by atoms with Gasteiger partial charge >= 0.3 is 0 Å². The molecule has 3 rings (SSSR count). The summed E-state index contributed by atoms with van der Waals surface area (Å²) in [5, 5.41) is 3.89. The smallest absolute Gasteiger partial charge is 0.0217 e. The molecule has 0 amide bonds. The van der Waals surface area contributed by atoms with Crippen LogP contribution in [0.3, 0.4) is 0 Å². The van der Waals surface area contributed by atoms with Crippen LogP contribution in [-0.2, 0) is 0 Å². The summed E-state index contributed by atoms with van der Waals surface area (Å²) in [6.45, 7) is 2.54. The molecule has 0 spiro atoms. The molecule has 1 heterocycles. The lowest BCUT2D eigenvalue weighted by Gasteiger charge is -2.36. The van der Waals surface area contributed by atoms with E-state index in [4.69, 9.17) is 0 Å². The Morgan fingerprint density at radius 3 is 2.61 bits per heavy atom. The first-order chi connectivity index (χ1) is 8.83. The number of likely N-dealkylation sites (N-methyl/N-ethyl adjacent to an activating group) is 1. The number of likely N-dealkylation sites (tertiary alicyclic amines) is 1. The predicted molar refractivity (Wildman–Crippen MR) is 76.7 cm³/mol. The zero-order valence-electron chi connectivity index (χ0n) is 12.0. The van der Waals surface area contributed by atoms with Gasteiger partial charge in [0.15, 0.2) is 0 Å². The SMILES string of the molecule is CN1CCCCC1CNC1CCCC(C2CC2)C1. The standard InChI is InChI=1S/C16H30N2/c1-18-10-3-2-7-16(18)12-17-15-6-4-5-14(11-15)13-8-9-13/h13-17H,2-12H2,1H3. The number of piperidine rings is 1. The number of rotatable bonds is 4. The second kappa shape index (κ2) is 5.92. The lowest BCUT2D eigenvalue weighted by atomic mass is 9.82. The fourth-order valence-electron chi connectivity index (χ4n) is 4.11. The average Bonchev–Trinajstić information content (AvgIpc) is 3.23. The van der Waals surface area contributed by atoms with Crippen molar-refractivity contribution in [1.29, 1.82) is 0 Å². The molecule has 3 atom stereocenters. The van der Waals surface area contributed by atoms with E-state index in [-0.39, 0.29) is 0 Å². The van der Waals surface area contributed by atoms with Gasteiger partial charge in [0.2, 0.25) is 0 Å². The van der Waals surface area contributed by atoms with Gasteiger partial charge in [0.1, 0.15) is 0 Å². The van der Waals surface area contributed by atoms with Crippen molar-refractivity contribution in [2.75, 3.05) is 20.1 Å². The highest BCUT2D eigenvalue weighted by molar-refractivity contribution is 4.88. The van der Waals surface area contributed by atoms with Crippen molar-refractivity contribution in [2.45, 2.75) is 69.9 Å². The molecule has 104 valence electrons. The van der Waals surface area contributed by atoms with Gasteiger partial charge in [-0.25, -0.2) is 0 Å². The van der Waals surface area contributed by atoms with Crippen LogP contribution < -0.4 is 5.32 Å². The zero-order valence-corrected chi connectivity index (χ0v) is 12.0. The van der Waals surface area contributed by atoms with Gasteiger partial charge in [-0.1, -0.05) is 19.3 Å². The minimum absolute atomic E-state index is 0.806. The largest absolute Gasteiger partial charge is 0.312 e. The monoisotopic (exact) mass is 250 g/mol. The average molecular weight is 250 g/mol. The van der Waals surface area contributed by atoms with Gasteiger partial charge in [0.05, 0.1) is 0 Å². The van der Waals surface area contributed by atoms with Crippen LogP contribution in [-0.4, -0.2) is 37.1 Å². The van der Waals surface area contributed by atoms with Crippen LogP contribution in [0.15, 0.2) is 0 Å². The van der Waals surface area contributed by atoms with Crippen molar-refractivity contribution >= 4 is 0 Å². The minimum atomic E-state index is 0.806. The Labute approximate surface area is 113 Å². The third-order valence-electron chi connectivity index (χ3n) is 5.57. The van der Waals surface area contributed by atoms with Crippen molar-refractivity contribution in [3.05, 3.63) is 0 Å². The summed E-state index contributed by atoms with van der Waals surface area (Å²) < 4.78 is 0. The summed E-state index contributed by atoms with van der Waals surface area (Å²) in [5.41, 5.74) is 0. The molecular formula is C16H30N2. The van der Waals surface area contributed by atoms with E-state index in [9.17, 15) is 0 Å². The summed E-state index contributed by atoms with van der Waals surface area (Å²) in [6, 6.07) is 1.64. The topological polar surface area (TPSA) is 15.3 Å². The Balaban J connectivity index is 1.41. The molecule has 0 bridgehead atoms. The highest BCUT2D eigenvalue weighted by atomic mass is 15.2. The Bertz CT molecular complexity index is 262. The van der Waals surface area contributed by atoms with Gasteiger partial charge in [0.25, 0.3) is 0 Å². The molecule has 1 saturated heterocycles. The highest BCUT2D eigenvalue weighted by Crippen LogP contribution is 2.43. The molecule has 3 aliphatic rings. The second-order valence-corrected chi connectivity index (χ2v) is 7.00. The zero-order chi connectivity index (χ0) is 12.4. The lowest BCUT2D eigenvalue weighted by molar-refractivity contribution is 0.168. The number of nitrogens with one attached hydrogen (secondary N) is 1. The molecule has 0 aromatic carbocycles. The van der Waals surface area contributed by atoms with Crippen molar-refractivity contribution in [3.63, 3.8) is 0 Å². The molecule has 0 radical (unpaired) electrons. The molecule has 2 heteroatoms. The van der Waals surface area contributed by atoms with Gasteiger partial charge < -0.3 is 10.2 Å². The van der Waals surface area contributed by atoms with E-state index in [1.54, 1.807) is 0 Å². The molecule has 2 saturated carbocycles. The molecule has 2 nitrogen and oxygen atoms in total. The third kappa shape index (κ3) is 3.27. The van der Waals surface area contributed by atoms with Gasteiger partial charge in [0, 0.05) is 18.6 Å². The van der Waals surface area contributed by atoms with Crippen molar-refractivity contribution < 1.29 is 0 Å². The number of nitrogens with zero attached hydrogens (tertiary/aromatic N) is 1. The Kier molecular flexibility index (Phi) is 4.25. The fourth-order valence-corrected chi connectivity index (χ4v) is 4.11. The van der Waals surface area contributed by atoms with Crippen molar-refractivity contribution in [2.24, 2.45) is 11.8 Å². The normalized spacial score (nSPS) is 38.8. The van der Waals surface area contributed by atoms with Crippen LogP contribution in [0.5, 0.6) is 0 Å². The van der Waals surface area contributed by atoms with Crippen molar-refractivity contribution in [3.8, 4) is 0 Å². The molecule has 1 aliphatic heterocycles. The van der Waals surface area contributed by atoms with Crippen LogP contribution in [0.4, 0.5) is 0 Å². The van der Waals surface area contributed by atoms with Crippen LogP contribution in [0.2, 0.25) is 0 Å².